The van der Waals surface area contributed by atoms with E-state index in [-0.39, 0.29) is 24.2 Å². The summed E-state index contributed by atoms with van der Waals surface area (Å²) in [4.78, 5) is 23.9. The second-order valence-corrected chi connectivity index (χ2v) is 6.16. The van der Waals surface area contributed by atoms with E-state index in [9.17, 15) is 9.59 Å². The van der Waals surface area contributed by atoms with Crippen molar-refractivity contribution in [1.29, 1.82) is 0 Å². The van der Waals surface area contributed by atoms with Crippen LogP contribution in [0.1, 0.15) is 36.7 Å². The van der Waals surface area contributed by atoms with Crippen LogP contribution in [0.25, 0.3) is 0 Å². The molecule has 2 aromatic rings. The number of nitrogen functional groups attached to an aromatic ring is 1. The van der Waals surface area contributed by atoms with Crippen LogP contribution in [-0.2, 0) is 11.2 Å². The Morgan fingerprint density at radius 1 is 1.12 bits per heavy atom. The van der Waals surface area contributed by atoms with Gasteiger partial charge in [0.25, 0.3) is 5.91 Å². The van der Waals surface area contributed by atoms with Crippen LogP contribution in [0.5, 0.6) is 5.75 Å². The van der Waals surface area contributed by atoms with Crippen LogP contribution in [0.4, 0.5) is 11.4 Å². The number of Topliss-reactive ketones (excluding diaryl/α,β-unsaturated/α-hetero) is 1. The Bertz CT molecular complexity index is 752. The van der Waals surface area contributed by atoms with Crippen molar-refractivity contribution in [3.8, 4) is 5.75 Å². The van der Waals surface area contributed by atoms with E-state index in [0.717, 1.165) is 12.1 Å². The van der Waals surface area contributed by atoms with E-state index in [1.54, 1.807) is 18.2 Å². The molecule has 0 radical (unpaired) electrons. The second kappa shape index (κ2) is 8.33. The first-order valence-electron chi connectivity index (χ1n) is 8.36. The van der Waals surface area contributed by atoms with Crippen molar-refractivity contribution in [3.63, 3.8) is 0 Å². The highest BCUT2D eigenvalue weighted by Crippen LogP contribution is 2.24. The number of nitrogens with two attached hydrogens (primary N) is 1. The first-order chi connectivity index (χ1) is 11.9. The van der Waals surface area contributed by atoms with Crippen molar-refractivity contribution in [3.05, 3.63) is 53.6 Å². The SMILES string of the molecule is CCc1ccc(NC(=O)COc2ccc(C(=O)C(C)C)cc2N)cc1. The van der Waals surface area contributed by atoms with Crippen LogP contribution in [0, 0.1) is 5.92 Å². The van der Waals surface area contributed by atoms with Gasteiger partial charge in [-0.3, -0.25) is 9.59 Å². The predicted molar refractivity (Wildman–Crippen MR) is 100.0 cm³/mol. The molecule has 0 saturated carbocycles. The molecule has 0 saturated heterocycles. The molecule has 5 heteroatoms. The number of ketones is 1. The van der Waals surface area contributed by atoms with Gasteiger partial charge in [0.2, 0.25) is 0 Å². The number of aryl methyl sites for hydroxylation is 1. The monoisotopic (exact) mass is 340 g/mol. The van der Waals surface area contributed by atoms with Crippen LogP contribution in [0.15, 0.2) is 42.5 Å². The van der Waals surface area contributed by atoms with Gasteiger partial charge in [-0.15, -0.1) is 0 Å². The normalized spacial score (nSPS) is 10.6. The average Bonchev–Trinajstić information content (AvgIpc) is 2.60. The van der Waals surface area contributed by atoms with E-state index in [1.807, 2.05) is 38.1 Å². The molecule has 0 aromatic heterocycles. The van der Waals surface area contributed by atoms with E-state index in [1.165, 1.54) is 5.56 Å². The van der Waals surface area contributed by atoms with Gasteiger partial charge in [0.15, 0.2) is 12.4 Å². The molecular weight excluding hydrogens is 316 g/mol. The van der Waals surface area contributed by atoms with Crippen LogP contribution in [0.3, 0.4) is 0 Å². The van der Waals surface area contributed by atoms with Gasteiger partial charge in [-0.2, -0.15) is 0 Å². The van der Waals surface area contributed by atoms with Crippen molar-refractivity contribution < 1.29 is 14.3 Å². The van der Waals surface area contributed by atoms with Crippen LogP contribution >= 0.6 is 0 Å². The van der Waals surface area contributed by atoms with E-state index in [4.69, 9.17) is 10.5 Å². The molecule has 2 aromatic carbocycles. The molecule has 0 spiro atoms. The third-order valence-corrected chi connectivity index (χ3v) is 3.82. The molecule has 0 fully saturated rings. The zero-order chi connectivity index (χ0) is 18.4. The van der Waals surface area contributed by atoms with Gasteiger partial charge in [0.05, 0.1) is 5.69 Å². The van der Waals surface area contributed by atoms with Crippen LogP contribution in [0.2, 0.25) is 0 Å². The molecule has 0 bridgehead atoms. The summed E-state index contributed by atoms with van der Waals surface area (Å²) in [7, 11) is 0. The lowest BCUT2D eigenvalue weighted by Gasteiger charge is -2.11. The molecule has 0 heterocycles. The largest absolute Gasteiger partial charge is 0.482 e. The first-order valence-corrected chi connectivity index (χ1v) is 8.36. The molecular formula is C20H24N2O3. The summed E-state index contributed by atoms with van der Waals surface area (Å²) in [5, 5.41) is 2.77. The highest BCUT2D eigenvalue weighted by atomic mass is 16.5. The lowest BCUT2D eigenvalue weighted by atomic mass is 10.0. The Balaban J connectivity index is 1.93. The molecule has 0 atom stereocenters. The number of carbonyl (C=O) groups excluding carboxylic acids is 2. The number of hydrogen-bond donors (Lipinski definition) is 2. The summed E-state index contributed by atoms with van der Waals surface area (Å²) in [6.45, 7) is 5.59. The fraction of sp³-hybridized carbons (Fsp3) is 0.300. The predicted octanol–water partition coefficient (Wildman–Crippen LogP) is 3.69. The maximum atomic E-state index is 12.0. The summed E-state index contributed by atoms with van der Waals surface area (Å²) in [5.41, 5.74) is 8.73. The maximum Gasteiger partial charge on any atom is 0.262 e. The van der Waals surface area contributed by atoms with Crippen molar-refractivity contribution in [2.24, 2.45) is 5.92 Å². The fourth-order valence-corrected chi connectivity index (χ4v) is 2.33. The van der Waals surface area contributed by atoms with E-state index >= 15 is 0 Å². The summed E-state index contributed by atoms with van der Waals surface area (Å²) in [6, 6.07) is 12.5. The minimum Gasteiger partial charge on any atom is -0.482 e. The van der Waals surface area contributed by atoms with Gasteiger partial charge in [-0.05, 0) is 42.3 Å². The quantitative estimate of drug-likeness (QED) is 0.595. The Hall–Kier alpha value is -2.82. The standard InChI is InChI=1S/C20H24N2O3/c1-4-14-5-8-16(9-6-14)22-19(23)12-25-18-10-7-15(11-17(18)21)20(24)13(2)3/h5-11,13H,4,12,21H2,1-3H3,(H,22,23). The molecule has 132 valence electrons. The highest BCUT2D eigenvalue weighted by molar-refractivity contribution is 5.98. The van der Waals surface area contributed by atoms with E-state index in [2.05, 4.69) is 12.2 Å². The molecule has 2 rings (SSSR count). The number of nitrogens with one attached hydrogen (secondary N) is 1. The van der Waals surface area contributed by atoms with Gasteiger partial charge in [0.1, 0.15) is 5.75 Å². The smallest absolute Gasteiger partial charge is 0.262 e. The van der Waals surface area contributed by atoms with Crippen LogP contribution in [-0.4, -0.2) is 18.3 Å². The van der Waals surface area contributed by atoms with Crippen molar-refractivity contribution in [1.82, 2.24) is 0 Å². The number of rotatable bonds is 7. The number of anilines is 2. The van der Waals surface area contributed by atoms with Crippen molar-refractivity contribution >= 4 is 23.1 Å². The fourth-order valence-electron chi connectivity index (χ4n) is 2.33. The Labute approximate surface area is 148 Å². The summed E-state index contributed by atoms with van der Waals surface area (Å²) in [6.07, 6.45) is 0.950. The topological polar surface area (TPSA) is 81.4 Å². The number of amides is 1. The Morgan fingerprint density at radius 3 is 2.36 bits per heavy atom. The zero-order valence-electron chi connectivity index (χ0n) is 14.8. The number of carbonyl (C=O) groups is 2. The third kappa shape index (κ3) is 5.08. The molecule has 1 amide bonds. The lowest BCUT2D eigenvalue weighted by Crippen LogP contribution is -2.20. The van der Waals surface area contributed by atoms with Crippen molar-refractivity contribution in [2.45, 2.75) is 27.2 Å². The molecule has 25 heavy (non-hydrogen) atoms. The lowest BCUT2D eigenvalue weighted by molar-refractivity contribution is -0.118. The van der Waals surface area contributed by atoms with E-state index < -0.39 is 0 Å². The molecule has 3 N–H and O–H groups in total. The highest BCUT2D eigenvalue weighted by Gasteiger charge is 2.13. The number of benzene rings is 2. The van der Waals surface area contributed by atoms with E-state index in [0.29, 0.717) is 17.0 Å². The Kier molecular flexibility index (Phi) is 6.17. The molecule has 5 nitrogen and oxygen atoms in total. The first kappa shape index (κ1) is 18.5. The number of hydrogen-bond acceptors (Lipinski definition) is 4. The molecule has 0 aliphatic rings. The van der Waals surface area contributed by atoms with Gasteiger partial charge in [-0.25, -0.2) is 0 Å². The van der Waals surface area contributed by atoms with Gasteiger partial charge < -0.3 is 15.8 Å². The molecule has 0 aliphatic heterocycles. The number of ether oxygens (including phenoxy) is 1. The van der Waals surface area contributed by atoms with Gasteiger partial charge in [0, 0.05) is 17.2 Å². The summed E-state index contributed by atoms with van der Waals surface area (Å²) >= 11 is 0. The van der Waals surface area contributed by atoms with Crippen molar-refractivity contribution in [2.75, 3.05) is 17.7 Å². The molecule has 0 unspecified atom stereocenters. The summed E-state index contributed by atoms with van der Waals surface area (Å²) < 4.78 is 5.46. The van der Waals surface area contributed by atoms with Crippen LogP contribution < -0.4 is 15.8 Å². The molecule has 0 aliphatic carbocycles. The van der Waals surface area contributed by atoms with Gasteiger partial charge in [-0.1, -0.05) is 32.9 Å². The maximum absolute atomic E-state index is 12.0. The summed E-state index contributed by atoms with van der Waals surface area (Å²) in [5.74, 6) is 0.0327. The van der Waals surface area contributed by atoms with Gasteiger partial charge >= 0.3 is 0 Å². The minimum atomic E-state index is -0.272. The third-order valence-electron chi connectivity index (χ3n) is 3.82. The zero-order valence-corrected chi connectivity index (χ0v) is 14.8. The average molecular weight is 340 g/mol. The minimum absolute atomic E-state index is 0.0199. The Morgan fingerprint density at radius 2 is 1.80 bits per heavy atom. The second-order valence-electron chi connectivity index (χ2n) is 6.16.